The van der Waals surface area contributed by atoms with Gasteiger partial charge in [-0.2, -0.15) is 0 Å². The van der Waals surface area contributed by atoms with Crippen LogP contribution in [0.2, 0.25) is 0 Å². The minimum atomic E-state index is -0.691. The van der Waals surface area contributed by atoms with Crippen LogP contribution in [0, 0.1) is 0 Å². The number of nitrogens with zero attached hydrogens (tertiary/aromatic N) is 5. The van der Waals surface area contributed by atoms with Crippen LogP contribution in [0.25, 0.3) is 11.2 Å². The molecule has 4 heterocycles. The number of hydrogen-bond donors (Lipinski definition) is 4. The lowest BCUT2D eigenvalue weighted by Crippen LogP contribution is -2.30. The van der Waals surface area contributed by atoms with E-state index in [1.54, 1.807) is 17.1 Å². The Kier molecular flexibility index (Phi) is 6.07. The summed E-state index contributed by atoms with van der Waals surface area (Å²) in [5.74, 6) is 0.435. The average molecular weight is 436 g/mol. The maximum Gasteiger partial charge on any atom is 0.226 e. The first-order chi connectivity index (χ1) is 15.2. The normalized spacial score (nSPS) is 22.0. The molecule has 1 fully saturated rings. The fraction of sp³-hybridized carbons (Fsp3) is 0.471. The Hall–Kier alpha value is -2.66. The maximum absolute atomic E-state index is 11.9. The largest absolute Gasteiger partial charge is 0.390 e. The van der Waals surface area contributed by atoms with Crippen LogP contribution in [0.5, 0.6) is 0 Å². The third-order valence-electron chi connectivity index (χ3n) is 4.77. The number of fused-ring (bicyclic) bond motifs is 1. The van der Waals surface area contributed by atoms with Crippen LogP contribution < -0.4 is 10.6 Å². The van der Waals surface area contributed by atoms with Crippen LogP contribution in [0.4, 0.5) is 5.82 Å². The van der Waals surface area contributed by atoms with Crippen LogP contribution in [0.3, 0.4) is 0 Å². The molecule has 4 rings (SSSR count). The fourth-order valence-electron chi connectivity index (χ4n) is 3.31. The third-order valence-corrected chi connectivity index (χ3v) is 4.93. The highest BCUT2D eigenvalue weighted by atomic mass is 31.0. The number of ether oxygens (including phenoxy) is 1. The molecule has 1 aliphatic rings. The van der Waals surface area contributed by atoms with Gasteiger partial charge in [-0.25, -0.2) is 19.9 Å². The SMILES string of the molecule is [3H]POCC1OC(n2cnc3c(NCCNC(=O)Cc4cnc[nH]4)ncnc32)CC1O. The van der Waals surface area contributed by atoms with E-state index in [-0.39, 0.29) is 18.9 Å². The van der Waals surface area contributed by atoms with Crippen molar-refractivity contribution in [2.24, 2.45) is 0 Å². The standard InChI is InChI=1S/C17H23N8O4P/c26-11-4-14(29-12(11)6-28-30)25-9-24-15-16(22-8-23-17(15)25)20-2-1-19-13(27)3-10-5-18-7-21-10/h5,7-9,11-12,14,26H,1-4,6,30H2,(H,18,21)(H,19,27)(H,20,22,23)/i30T. The number of aromatic amines is 1. The van der Waals surface area contributed by atoms with Gasteiger partial charge >= 0.3 is 0 Å². The van der Waals surface area contributed by atoms with Gasteiger partial charge in [0.1, 0.15) is 18.7 Å². The monoisotopic (exact) mass is 436 g/mol. The van der Waals surface area contributed by atoms with Gasteiger partial charge in [0.2, 0.25) is 5.91 Å². The van der Waals surface area contributed by atoms with E-state index in [0.717, 1.165) is 5.69 Å². The van der Waals surface area contributed by atoms with E-state index in [0.29, 0.717) is 36.5 Å². The summed E-state index contributed by atoms with van der Waals surface area (Å²) in [7, 11) is -0.406. The van der Waals surface area contributed by atoms with E-state index < -0.39 is 27.8 Å². The summed E-state index contributed by atoms with van der Waals surface area (Å²) < 4.78 is 19.8. The number of aliphatic hydroxyl groups excluding tert-OH is 1. The number of anilines is 1. The molecule has 0 aromatic carbocycles. The number of carbonyl (C=O) groups excluding carboxylic acids is 1. The van der Waals surface area contributed by atoms with Crippen molar-refractivity contribution in [3.63, 3.8) is 0 Å². The van der Waals surface area contributed by atoms with Gasteiger partial charge in [-0.3, -0.25) is 9.36 Å². The van der Waals surface area contributed by atoms with Crippen LogP contribution in [-0.4, -0.2) is 73.7 Å². The van der Waals surface area contributed by atoms with Crippen molar-refractivity contribution in [3.8, 4) is 0 Å². The zero-order valence-electron chi connectivity index (χ0n) is 17.0. The van der Waals surface area contributed by atoms with E-state index in [2.05, 4.69) is 35.6 Å². The van der Waals surface area contributed by atoms with Gasteiger partial charge < -0.3 is 30.0 Å². The number of aliphatic hydroxyl groups is 1. The average Bonchev–Trinajstić information content (AvgIpc) is 3.50. The Balaban J connectivity index is 1.34. The Bertz CT molecular complexity index is 1000. The first kappa shape index (κ1) is 19.3. The zero-order valence-corrected chi connectivity index (χ0v) is 17.0. The highest BCUT2D eigenvalue weighted by molar-refractivity contribution is 7.09. The number of hydrogen-bond acceptors (Lipinski definition) is 9. The van der Waals surface area contributed by atoms with Gasteiger partial charge in [0, 0.05) is 40.8 Å². The second-order valence-electron chi connectivity index (χ2n) is 6.82. The molecule has 0 spiro atoms. The molecule has 4 unspecified atom stereocenters. The molecular formula is C17H23N8O4P. The molecule has 0 saturated carbocycles. The van der Waals surface area contributed by atoms with Gasteiger partial charge in [0.15, 0.2) is 17.0 Å². The molecule has 1 saturated heterocycles. The summed E-state index contributed by atoms with van der Waals surface area (Å²) in [6, 6.07) is 0. The number of rotatable bonds is 10. The lowest BCUT2D eigenvalue weighted by molar-refractivity contribution is -0.120. The molecule has 12 nitrogen and oxygen atoms in total. The number of imidazole rings is 2. The summed E-state index contributed by atoms with van der Waals surface area (Å²) in [5.41, 5.74) is 1.89. The highest BCUT2D eigenvalue weighted by Gasteiger charge is 2.35. The zero-order chi connectivity index (χ0) is 21.6. The summed E-state index contributed by atoms with van der Waals surface area (Å²) in [5, 5.41) is 16.2. The summed E-state index contributed by atoms with van der Waals surface area (Å²) in [4.78, 5) is 31.6. The number of aromatic nitrogens is 6. The molecule has 3 aromatic rings. The maximum atomic E-state index is 11.9. The van der Waals surface area contributed by atoms with Crippen LogP contribution in [-0.2, 0) is 20.5 Å². The Morgan fingerprint density at radius 3 is 3.23 bits per heavy atom. The van der Waals surface area contributed by atoms with Crippen molar-refractivity contribution >= 4 is 32.3 Å². The lowest BCUT2D eigenvalue weighted by Gasteiger charge is -2.14. The van der Waals surface area contributed by atoms with Crippen LogP contribution >= 0.6 is 9.41 Å². The van der Waals surface area contributed by atoms with Crippen molar-refractivity contribution in [1.82, 2.24) is 34.8 Å². The molecule has 3 aromatic heterocycles. The minimum absolute atomic E-state index is 0.107. The molecular weight excluding hydrogens is 411 g/mol. The Morgan fingerprint density at radius 1 is 1.47 bits per heavy atom. The summed E-state index contributed by atoms with van der Waals surface area (Å²) in [6.45, 7) is 1.04. The number of amides is 1. The van der Waals surface area contributed by atoms with E-state index in [1.807, 2.05) is 0 Å². The molecule has 1 amide bonds. The molecule has 0 aliphatic carbocycles. The number of carbonyl (C=O) groups is 1. The lowest BCUT2D eigenvalue weighted by atomic mass is 10.2. The highest BCUT2D eigenvalue weighted by Crippen LogP contribution is 2.32. The first-order valence-electron chi connectivity index (χ1n) is 9.93. The quantitative estimate of drug-likeness (QED) is 0.249. The first-order valence-corrected chi connectivity index (χ1v) is 9.84. The molecule has 0 radical (unpaired) electrons. The summed E-state index contributed by atoms with van der Waals surface area (Å²) in [6.07, 6.45) is 5.16. The second kappa shape index (κ2) is 9.43. The Labute approximate surface area is 175 Å². The number of H-pyrrole nitrogens is 1. The molecule has 4 atom stereocenters. The van der Waals surface area contributed by atoms with E-state index >= 15 is 0 Å². The van der Waals surface area contributed by atoms with Crippen molar-refractivity contribution in [2.75, 3.05) is 25.0 Å². The molecule has 0 bridgehead atoms. The predicted octanol–water partition coefficient (Wildman–Crippen LogP) is -0.225. The predicted molar refractivity (Wildman–Crippen MR) is 109 cm³/mol. The van der Waals surface area contributed by atoms with Gasteiger partial charge in [-0.1, -0.05) is 0 Å². The number of nitrogens with one attached hydrogen (secondary N) is 3. The van der Waals surface area contributed by atoms with Crippen LogP contribution in [0.1, 0.15) is 18.3 Å². The van der Waals surface area contributed by atoms with Gasteiger partial charge in [-0.05, 0) is 0 Å². The van der Waals surface area contributed by atoms with Gasteiger partial charge in [0.05, 0.1) is 33.1 Å². The van der Waals surface area contributed by atoms with Crippen molar-refractivity contribution in [1.29, 1.82) is 1.28 Å². The van der Waals surface area contributed by atoms with Gasteiger partial charge in [-0.15, -0.1) is 0 Å². The van der Waals surface area contributed by atoms with E-state index in [1.165, 1.54) is 12.7 Å². The van der Waals surface area contributed by atoms with Gasteiger partial charge in [0.25, 0.3) is 0 Å². The van der Waals surface area contributed by atoms with Crippen molar-refractivity contribution in [3.05, 3.63) is 30.9 Å². The molecule has 160 valence electrons. The van der Waals surface area contributed by atoms with E-state index in [9.17, 15) is 9.90 Å². The van der Waals surface area contributed by atoms with Crippen molar-refractivity contribution in [2.45, 2.75) is 31.3 Å². The molecule has 4 N–H and O–H groups in total. The topological polar surface area (TPSA) is 152 Å². The van der Waals surface area contributed by atoms with Crippen molar-refractivity contribution < 1.29 is 19.2 Å². The van der Waals surface area contributed by atoms with Crippen LogP contribution in [0.15, 0.2) is 25.2 Å². The van der Waals surface area contributed by atoms with E-state index in [4.69, 9.17) is 10.5 Å². The minimum Gasteiger partial charge on any atom is -0.390 e. The second-order valence-corrected chi connectivity index (χ2v) is 7.11. The third kappa shape index (κ3) is 4.57. The fourth-order valence-corrected chi connectivity index (χ4v) is 3.47. The smallest absolute Gasteiger partial charge is 0.226 e. The Morgan fingerprint density at radius 2 is 2.40 bits per heavy atom. The molecule has 30 heavy (non-hydrogen) atoms. The summed E-state index contributed by atoms with van der Waals surface area (Å²) >= 11 is 0. The molecule has 1 aliphatic heterocycles. The molecule has 13 heteroatoms.